The first-order valence-corrected chi connectivity index (χ1v) is 8.40. The van der Waals surface area contributed by atoms with E-state index in [0.717, 1.165) is 5.56 Å². The Morgan fingerprint density at radius 2 is 2.10 bits per heavy atom. The third-order valence-electron chi connectivity index (χ3n) is 3.47. The Labute approximate surface area is 119 Å². The van der Waals surface area contributed by atoms with E-state index in [2.05, 4.69) is 5.32 Å². The molecular weight excluding hydrogens is 278 g/mol. The van der Waals surface area contributed by atoms with Gasteiger partial charge in [0.2, 0.25) is 0 Å². The van der Waals surface area contributed by atoms with Crippen molar-refractivity contribution in [3.8, 4) is 0 Å². The highest BCUT2D eigenvalue weighted by molar-refractivity contribution is 7.91. The number of rotatable bonds is 5. The lowest BCUT2D eigenvalue weighted by atomic mass is 10.1. The Kier molecular flexibility index (Phi) is 4.77. The highest BCUT2D eigenvalue weighted by atomic mass is 32.2. The van der Waals surface area contributed by atoms with Crippen molar-refractivity contribution in [2.75, 3.05) is 25.2 Å². The number of methoxy groups -OCH3 is 1. The zero-order valence-electron chi connectivity index (χ0n) is 11.4. The zero-order chi connectivity index (χ0) is 14.6. The third-order valence-corrected chi connectivity index (χ3v) is 5.30. The first-order valence-electron chi connectivity index (χ1n) is 6.58. The van der Waals surface area contributed by atoms with Crippen molar-refractivity contribution in [2.45, 2.75) is 12.5 Å². The molecule has 0 unspecified atom stereocenters. The minimum atomic E-state index is -2.90. The van der Waals surface area contributed by atoms with Gasteiger partial charge in [-0.05, 0) is 17.9 Å². The van der Waals surface area contributed by atoms with Gasteiger partial charge in [-0.2, -0.15) is 0 Å². The van der Waals surface area contributed by atoms with Crippen LogP contribution < -0.4 is 5.32 Å². The number of benzene rings is 1. The van der Waals surface area contributed by atoms with Crippen molar-refractivity contribution >= 4 is 15.7 Å². The predicted octanol–water partition coefficient (Wildman–Crippen LogP) is 0.925. The largest absolute Gasteiger partial charge is 0.367 e. The summed E-state index contributed by atoms with van der Waals surface area (Å²) in [7, 11) is -1.42. The van der Waals surface area contributed by atoms with Crippen LogP contribution >= 0.6 is 0 Å². The highest BCUT2D eigenvalue weighted by Crippen LogP contribution is 2.19. The topological polar surface area (TPSA) is 72.5 Å². The molecule has 1 aliphatic rings. The van der Waals surface area contributed by atoms with Gasteiger partial charge in [0.15, 0.2) is 15.9 Å². The van der Waals surface area contributed by atoms with Crippen LogP contribution in [0.3, 0.4) is 0 Å². The van der Waals surface area contributed by atoms with Crippen LogP contribution in [0.1, 0.15) is 18.1 Å². The minimum Gasteiger partial charge on any atom is -0.367 e. The molecule has 6 heteroatoms. The molecule has 20 heavy (non-hydrogen) atoms. The lowest BCUT2D eigenvalue weighted by molar-refractivity contribution is -0.131. The van der Waals surface area contributed by atoms with Gasteiger partial charge in [-0.15, -0.1) is 0 Å². The maximum atomic E-state index is 12.1. The summed E-state index contributed by atoms with van der Waals surface area (Å²) in [6.45, 7) is 0.380. The van der Waals surface area contributed by atoms with Crippen LogP contribution in [0.4, 0.5) is 0 Å². The van der Waals surface area contributed by atoms with E-state index in [4.69, 9.17) is 4.74 Å². The number of carbonyl (C=O) groups is 1. The Hall–Kier alpha value is -1.40. The summed E-state index contributed by atoms with van der Waals surface area (Å²) in [6.07, 6.45) is -0.0415. The molecule has 0 spiro atoms. The molecule has 1 aromatic carbocycles. The molecule has 1 saturated heterocycles. The van der Waals surface area contributed by atoms with Crippen molar-refractivity contribution in [3.05, 3.63) is 35.9 Å². The summed E-state index contributed by atoms with van der Waals surface area (Å²) in [5.41, 5.74) is 0.784. The summed E-state index contributed by atoms with van der Waals surface area (Å²) >= 11 is 0. The number of carbonyl (C=O) groups excluding carboxylic acids is 1. The average molecular weight is 297 g/mol. The maximum absolute atomic E-state index is 12.1. The molecule has 1 aromatic rings. The van der Waals surface area contributed by atoms with Gasteiger partial charge >= 0.3 is 0 Å². The number of ether oxygens (including phenoxy) is 1. The summed E-state index contributed by atoms with van der Waals surface area (Å²) in [4.78, 5) is 12.1. The third kappa shape index (κ3) is 3.80. The van der Waals surface area contributed by atoms with Gasteiger partial charge in [0.1, 0.15) is 0 Å². The zero-order valence-corrected chi connectivity index (χ0v) is 12.2. The van der Waals surface area contributed by atoms with Crippen LogP contribution in [0.15, 0.2) is 30.3 Å². The van der Waals surface area contributed by atoms with Crippen LogP contribution in [0.2, 0.25) is 0 Å². The minimum absolute atomic E-state index is 0.0113. The van der Waals surface area contributed by atoms with Gasteiger partial charge in [0, 0.05) is 13.7 Å². The molecule has 1 fully saturated rings. The molecule has 0 aromatic heterocycles. The maximum Gasteiger partial charge on any atom is 0.253 e. The second-order valence-corrected chi connectivity index (χ2v) is 7.27. The van der Waals surface area contributed by atoms with Crippen LogP contribution in [0.25, 0.3) is 0 Å². The summed E-state index contributed by atoms with van der Waals surface area (Å²) in [6, 6.07) is 9.22. The lowest BCUT2D eigenvalue weighted by Crippen LogP contribution is -2.34. The molecule has 1 aliphatic heterocycles. The van der Waals surface area contributed by atoms with E-state index < -0.39 is 15.9 Å². The van der Waals surface area contributed by atoms with Crippen LogP contribution in [-0.4, -0.2) is 39.5 Å². The van der Waals surface area contributed by atoms with Gasteiger partial charge in [-0.25, -0.2) is 8.42 Å². The fraction of sp³-hybridized carbons (Fsp3) is 0.500. The molecule has 110 valence electrons. The number of hydrogen-bond acceptors (Lipinski definition) is 4. The van der Waals surface area contributed by atoms with Crippen molar-refractivity contribution in [3.63, 3.8) is 0 Å². The second kappa shape index (κ2) is 6.37. The average Bonchev–Trinajstić information content (AvgIpc) is 2.78. The van der Waals surface area contributed by atoms with Crippen molar-refractivity contribution in [1.82, 2.24) is 5.32 Å². The Balaban J connectivity index is 1.91. The molecule has 0 saturated carbocycles. The lowest BCUT2D eigenvalue weighted by Gasteiger charge is -2.17. The van der Waals surface area contributed by atoms with Gasteiger partial charge in [-0.1, -0.05) is 30.3 Å². The molecule has 2 rings (SSSR count). The second-order valence-electron chi connectivity index (χ2n) is 5.04. The summed E-state index contributed by atoms with van der Waals surface area (Å²) < 4.78 is 27.9. The Morgan fingerprint density at radius 3 is 2.65 bits per heavy atom. The van der Waals surface area contributed by atoms with Crippen LogP contribution in [-0.2, 0) is 19.4 Å². The van der Waals surface area contributed by atoms with Crippen molar-refractivity contribution in [2.24, 2.45) is 5.92 Å². The highest BCUT2D eigenvalue weighted by Gasteiger charge is 2.29. The van der Waals surface area contributed by atoms with Gasteiger partial charge < -0.3 is 10.1 Å². The van der Waals surface area contributed by atoms with E-state index in [1.807, 2.05) is 30.3 Å². The van der Waals surface area contributed by atoms with E-state index in [1.54, 1.807) is 0 Å². The quantitative estimate of drug-likeness (QED) is 0.877. The molecule has 5 nitrogen and oxygen atoms in total. The van der Waals surface area contributed by atoms with Crippen LogP contribution in [0, 0.1) is 5.92 Å². The smallest absolute Gasteiger partial charge is 0.253 e. The first-order chi connectivity index (χ1) is 9.52. The molecular formula is C14H19NO4S. The van der Waals surface area contributed by atoms with E-state index in [9.17, 15) is 13.2 Å². The summed E-state index contributed by atoms with van der Waals surface area (Å²) in [5.74, 6) is 0.163. The number of nitrogens with one attached hydrogen (secondary N) is 1. The van der Waals surface area contributed by atoms with E-state index in [-0.39, 0.29) is 23.3 Å². The van der Waals surface area contributed by atoms with Crippen molar-refractivity contribution < 1.29 is 17.9 Å². The van der Waals surface area contributed by atoms with Crippen LogP contribution in [0.5, 0.6) is 0 Å². The number of amides is 1. The monoisotopic (exact) mass is 297 g/mol. The fourth-order valence-electron chi connectivity index (χ4n) is 2.39. The molecule has 2 atom stereocenters. The van der Waals surface area contributed by atoms with E-state index in [0.29, 0.717) is 13.0 Å². The molecule has 1 N–H and O–H groups in total. The van der Waals surface area contributed by atoms with Gasteiger partial charge in [0.25, 0.3) is 5.91 Å². The molecule has 0 radical (unpaired) electrons. The number of hydrogen-bond donors (Lipinski definition) is 1. The van der Waals surface area contributed by atoms with E-state index in [1.165, 1.54) is 7.11 Å². The fourth-order valence-corrected chi connectivity index (χ4v) is 4.25. The first kappa shape index (κ1) is 15.0. The standard InChI is InChI=1S/C14H19NO4S/c1-19-13(12-5-3-2-4-6-12)14(16)15-9-11-7-8-20(17,18)10-11/h2-6,11,13H,7-10H2,1H3,(H,15,16)/t11-,13-/m0/s1. The SMILES string of the molecule is CO[C@H](C(=O)NC[C@@H]1CCS(=O)(=O)C1)c1ccccc1. The molecule has 0 bridgehead atoms. The Morgan fingerprint density at radius 1 is 1.40 bits per heavy atom. The molecule has 1 heterocycles. The van der Waals surface area contributed by atoms with Crippen molar-refractivity contribution in [1.29, 1.82) is 0 Å². The number of sulfone groups is 1. The predicted molar refractivity (Wildman–Crippen MR) is 76.0 cm³/mol. The molecule has 0 aliphatic carbocycles. The van der Waals surface area contributed by atoms with E-state index >= 15 is 0 Å². The Bertz CT molecular complexity index is 556. The van der Waals surface area contributed by atoms with Gasteiger partial charge in [0.05, 0.1) is 11.5 Å². The summed E-state index contributed by atoms with van der Waals surface area (Å²) in [5, 5.41) is 2.78. The normalized spacial score (nSPS) is 22.4. The van der Waals surface area contributed by atoms with Gasteiger partial charge in [-0.3, -0.25) is 4.79 Å². The molecule has 1 amide bonds.